The van der Waals surface area contributed by atoms with Gasteiger partial charge < -0.3 is 0 Å². The average molecular weight is 194 g/mol. The van der Waals surface area contributed by atoms with Gasteiger partial charge in [0, 0.05) is 14.5 Å². The van der Waals surface area contributed by atoms with Gasteiger partial charge >= 0.3 is 0 Å². The van der Waals surface area contributed by atoms with Crippen LogP contribution in [-0.4, -0.2) is 8.07 Å². The van der Waals surface area contributed by atoms with Crippen molar-refractivity contribution in [2.75, 3.05) is 0 Å². The van der Waals surface area contributed by atoms with Crippen LogP contribution in [0.5, 0.6) is 0 Å². The van der Waals surface area contributed by atoms with E-state index in [1.807, 2.05) is 0 Å². The molecule has 0 bridgehead atoms. The van der Waals surface area contributed by atoms with E-state index in [0.717, 1.165) is 18.0 Å². The molecule has 1 heteroatoms. The lowest BCUT2D eigenvalue weighted by atomic mass is 10.2. The molecule has 0 fully saturated rings. The van der Waals surface area contributed by atoms with Gasteiger partial charge in [0.2, 0.25) is 0 Å². The monoisotopic (exact) mass is 194 g/mol. The van der Waals surface area contributed by atoms with Crippen LogP contribution in [0, 0.1) is 11.8 Å². The number of allylic oxidation sites excluding steroid dienone is 1. The number of unbranched alkanes of at least 4 members (excludes halogenated alkanes) is 2. The highest BCUT2D eigenvalue weighted by molar-refractivity contribution is 6.76. The molecule has 74 valence electrons. The van der Waals surface area contributed by atoms with E-state index in [1.165, 1.54) is 12.8 Å². The second-order valence-corrected chi connectivity index (χ2v) is 10.2. The van der Waals surface area contributed by atoms with Gasteiger partial charge in [0.05, 0.1) is 0 Å². The number of hydrogen-bond donors (Lipinski definition) is 0. The fourth-order valence-electron chi connectivity index (χ4n) is 1.14. The van der Waals surface area contributed by atoms with E-state index in [1.54, 1.807) is 0 Å². The minimum absolute atomic E-state index is 0.991. The molecule has 0 atom stereocenters. The molecule has 0 saturated heterocycles. The molecule has 13 heavy (non-hydrogen) atoms. The van der Waals surface area contributed by atoms with Crippen molar-refractivity contribution >= 4 is 8.07 Å². The maximum atomic E-state index is 4.00. The van der Waals surface area contributed by atoms with E-state index >= 15 is 0 Å². The highest BCUT2D eigenvalue weighted by Gasteiger charge is 2.12. The first-order valence-corrected chi connectivity index (χ1v) is 8.83. The van der Waals surface area contributed by atoms with E-state index in [4.69, 9.17) is 0 Å². The molecule has 0 heterocycles. The Morgan fingerprint density at radius 1 is 1.31 bits per heavy atom. The molecule has 0 radical (unpaired) electrons. The van der Waals surface area contributed by atoms with Gasteiger partial charge in [-0.15, -0.1) is 0 Å². The quantitative estimate of drug-likeness (QED) is 0.359. The molecule has 0 aromatic carbocycles. The predicted molar refractivity (Wildman–Crippen MR) is 64.6 cm³/mol. The van der Waals surface area contributed by atoms with Gasteiger partial charge in [-0.25, -0.2) is 0 Å². The van der Waals surface area contributed by atoms with Crippen molar-refractivity contribution < 1.29 is 0 Å². The van der Waals surface area contributed by atoms with Gasteiger partial charge in [-0.1, -0.05) is 51.4 Å². The van der Waals surface area contributed by atoms with E-state index in [-0.39, 0.29) is 0 Å². The average Bonchev–Trinajstić information content (AvgIpc) is 1.94. The van der Waals surface area contributed by atoms with E-state index in [0.29, 0.717) is 0 Å². The molecule has 0 saturated carbocycles. The van der Waals surface area contributed by atoms with Crippen molar-refractivity contribution in [1.82, 2.24) is 0 Å². The van der Waals surface area contributed by atoms with Crippen LogP contribution in [0.25, 0.3) is 0 Å². The second kappa shape index (κ2) is 6.04. The van der Waals surface area contributed by atoms with Crippen molar-refractivity contribution in [3.05, 3.63) is 12.2 Å². The Morgan fingerprint density at radius 3 is 2.38 bits per heavy atom. The van der Waals surface area contributed by atoms with Crippen molar-refractivity contribution in [3.8, 4) is 11.8 Å². The Morgan fingerprint density at radius 2 is 1.92 bits per heavy atom. The summed E-state index contributed by atoms with van der Waals surface area (Å²) in [7, 11) is -0.991. The molecule has 0 rings (SSSR count). The third-order valence-electron chi connectivity index (χ3n) is 1.66. The lowest BCUT2D eigenvalue weighted by molar-refractivity contribution is 0.828. The van der Waals surface area contributed by atoms with E-state index in [2.05, 4.69) is 45.0 Å². The molecule has 0 aliphatic carbocycles. The van der Waals surface area contributed by atoms with Crippen LogP contribution in [0.1, 0.15) is 26.2 Å². The Bertz CT molecular complexity index is 210. The van der Waals surface area contributed by atoms with Crippen LogP contribution >= 0.6 is 0 Å². The molecular weight excluding hydrogens is 172 g/mol. The lowest BCUT2D eigenvalue weighted by Crippen LogP contribution is -2.19. The van der Waals surface area contributed by atoms with Crippen molar-refractivity contribution in [1.29, 1.82) is 0 Å². The summed E-state index contributed by atoms with van der Waals surface area (Å²) < 4.78 is 0. The fourth-order valence-corrected chi connectivity index (χ4v) is 2.51. The lowest BCUT2D eigenvalue weighted by Gasteiger charge is -2.13. The Kier molecular flexibility index (Phi) is 5.82. The maximum absolute atomic E-state index is 4.00. The molecule has 0 spiro atoms. The second-order valence-electron chi connectivity index (χ2n) is 4.75. The number of hydrogen-bond acceptors (Lipinski definition) is 0. The third kappa shape index (κ3) is 9.43. The molecule has 0 nitrogen and oxygen atoms in total. The number of rotatable bonds is 4. The van der Waals surface area contributed by atoms with Gasteiger partial charge in [0.25, 0.3) is 0 Å². The minimum Gasteiger partial charge on any atom is -0.0983 e. The zero-order valence-corrected chi connectivity index (χ0v) is 10.5. The van der Waals surface area contributed by atoms with Crippen LogP contribution < -0.4 is 0 Å². The molecule has 0 aromatic heterocycles. The zero-order chi connectivity index (χ0) is 10.3. The van der Waals surface area contributed by atoms with Crippen LogP contribution in [0.4, 0.5) is 0 Å². The Labute approximate surface area is 84.4 Å². The predicted octanol–water partition coefficient (Wildman–Crippen LogP) is 4.07. The zero-order valence-electron chi connectivity index (χ0n) is 9.54. The summed E-state index contributed by atoms with van der Waals surface area (Å²) in [5.74, 6) is 6.35. The summed E-state index contributed by atoms with van der Waals surface area (Å²) in [6, 6.07) is 1.14. The fraction of sp³-hybridized carbons (Fsp3) is 0.667. The first-order chi connectivity index (χ1) is 5.95. The highest BCUT2D eigenvalue weighted by atomic mass is 28.3. The first-order valence-electron chi connectivity index (χ1n) is 5.12. The summed E-state index contributed by atoms with van der Waals surface area (Å²) in [6.07, 6.45) is 3.48. The smallest absolute Gasteiger partial charge is 0.0494 e. The largest absolute Gasteiger partial charge is 0.0983 e. The molecule has 0 aromatic rings. The van der Waals surface area contributed by atoms with E-state index < -0.39 is 8.07 Å². The molecule has 0 amide bonds. The summed E-state index contributed by atoms with van der Waals surface area (Å²) in [5.41, 5.74) is 1.13. The van der Waals surface area contributed by atoms with Gasteiger partial charge in [-0.05, 0) is 18.0 Å². The topological polar surface area (TPSA) is 0 Å². The summed E-state index contributed by atoms with van der Waals surface area (Å²) in [4.78, 5) is 0. The van der Waals surface area contributed by atoms with Crippen molar-refractivity contribution in [3.63, 3.8) is 0 Å². The molecule has 0 N–H and O–H groups in total. The van der Waals surface area contributed by atoms with Crippen molar-refractivity contribution in [2.45, 2.75) is 51.9 Å². The molecular formula is C12H22Si. The molecule has 0 aliphatic rings. The van der Waals surface area contributed by atoms with Gasteiger partial charge in [-0.2, -0.15) is 0 Å². The minimum atomic E-state index is -0.991. The van der Waals surface area contributed by atoms with Crippen molar-refractivity contribution in [2.24, 2.45) is 0 Å². The van der Waals surface area contributed by atoms with E-state index in [9.17, 15) is 0 Å². The van der Waals surface area contributed by atoms with Gasteiger partial charge in [-0.3, -0.25) is 0 Å². The SMILES string of the molecule is C=C(C#CCCCC)C[Si](C)(C)C. The Hall–Kier alpha value is -0.483. The van der Waals surface area contributed by atoms with Crippen LogP contribution in [-0.2, 0) is 0 Å². The van der Waals surface area contributed by atoms with Gasteiger partial charge in [0.1, 0.15) is 0 Å². The summed E-state index contributed by atoms with van der Waals surface area (Å²) in [6.45, 7) is 13.3. The van der Waals surface area contributed by atoms with Crippen LogP contribution in [0.2, 0.25) is 25.7 Å². The highest BCUT2D eigenvalue weighted by Crippen LogP contribution is 2.13. The summed E-state index contributed by atoms with van der Waals surface area (Å²) in [5, 5.41) is 0. The van der Waals surface area contributed by atoms with Crippen LogP contribution in [0.15, 0.2) is 12.2 Å². The Balaban J connectivity index is 3.78. The van der Waals surface area contributed by atoms with Gasteiger partial charge in [0.15, 0.2) is 0 Å². The van der Waals surface area contributed by atoms with Crippen LogP contribution in [0.3, 0.4) is 0 Å². The maximum Gasteiger partial charge on any atom is 0.0494 e. The standard InChI is InChI=1S/C12H22Si/c1-6-7-8-9-10-12(2)11-13(3,4)5/h2,6-8,11H2,1,3-5H3. The third-order valence-corrected chi connectivity index (χ3v) is 3.15. The molecule has 0 aliphatic heterocycles. The normalized spacial score (nSPS) is 10.5. The first kappa shape index (κ1) is 12.5. The molecule has 0 unspecified atom stereocenters. The summed E-state index contributed by atoms with van der Waals surface area (Å²) >= 11 is 0.